The minimum absolute atomic E-state index is 1.20. The van der Waals surface area contributed by atoms with E-state index in [2.05, 4.69) is 24.7 Å². The van der Waals surface area contributed by atoms with Crippen LogP contribution in [0, 0.1) is 0 Å². The normalized spacial score (nSPS) is 11.2. The number of rotatable bonds is 8. The summed E-state index contributed by atoms with van der Waals surface area (Å²) in [7, 11) is 0. The molecule has 13 heavy (non-hydrogen) atoms. The molecule has 0 amide bonds. The Balaban J connectivity index is 3.52. The van der Waals surface area contributed by atoms with Crippen LogP contribution in [-0.2, 0) is 0 Å². The molecule has 0 aliphatic carbocycles. The molecule has 0 radical (unpaired) electrons. The molecule has 0 nitrogen and oxygen atoms in total. The predicted octanol–water partition coefficient (Wildman–Crippen LogP) is 4.63. The second-order valence-electron chi connectivity index (χ2n) is 4.53. The Hall–Kier alpha value is 0.0229. The average molecular weight is 241 g/mol. The van der Waals surface area contributed by atoms with Gasteiger partial charge in [-0.1, -0.05) is 0 Å². The Bertz CT molecular complexity index is 131. The first-order chi connectivity index (χ1) is 6.12. The van der Waals surface area contributed by atoms with Crippen LogP contribution < -0.4 is 0 Å². The van der Waals surface area contributed by atoms with Crippen molar-refractivity contribution in [1.82, 2.24) is 0 Å². The van der Waals surface area contributed by atoms with Crippen molar-refractivity contribution in [2.24, 2.45) is 0 Å². The Labute approximate surface area is 86.5 Å². The summed E-state index contributed by atoms with van der Waals surface area (Å²) < 4.78 is 0. The van der Waals surface area contributed by atoms with Crippen molar-refractivity contribution in [3.8, 4) is 0 Å². The fraction of sp³-hybridized carbons (Fsp3) is 0.667. The summed E-state index contributed by atoms with van der Waals surface area (Å²) in [5.41, 5.74) is 0. The van der Waals surface area contributed by atoms with Gasteiger partial charge in [-0.15, -0.1) is 0 Å². The zero-order valence-corrected chi connectivity index (χ0v) is 11.4. The molecule has 76 valence electrons. The maximum absolute atomic E-state index is 3.76. The van der Waals surface area contributed by atoms with Crippen LogP contribution in [0.25, 0.3) is 0 Å². The van der Waals surface area contributed by atoms with Crippen LogP contribution in [0.4, 0.5) is 0 Å². The van der Waals surface area contributed by atoms with Crippen molar-refractivity contribution in [1.29, 1.82) is 0 Å². The number of hydrogen-bond acceptors (Lipinski definition) is 0. The molecule has 0 aromatic heterocycles. The molecule has 0 unspecified atom stereocenters. The third-order valence-electron chi connectivity index (χ3n) is 2.52. The van der Waals surface area contributed by atoms with E-state index in [-0.39, 0.29) is 0 Å². The van der Waals surface area contributed by atoms with Gasteiger partial charge in [-0.25, -0.2) is 0 Å². The van der Waals surface area contributed by atoms with Gasteiger partial charge in [-0.05, 0) is 0 Å². The minimum atomic E-state index is -1.36. The van der Waals surface area contributed by atoms with Crippen LogP contribution in [0.15, 0.2) is 25.3 Å². The zero-order valence-electron chi connectivity index (χ0n) is 9.31. The first-order valence-corrected chi connectivity index (χ1v) is 12.5. The van der Waals surface area contributed by atoms with Gasteiger partial charge in [-0.3, -0.25) is 0 Å². The van der Waals surface area contributed by atoms with Gasteiger partial charge >= 0.3 is 86.3 Å². The van der Waals surface area contributed by atoms with Gasteiger partial charge in [0.15, 0.2) is 0 Å². The summed E-state index contributed by atoms with van der Waals surface area (Å²) >= 11 is -1.36. The molecule has 0 rings (SSSR count). The Kier molecular flexibility index (Phi) is 7.44. The van der Waals surface area contributed by atoms with Crippen LogP contribution in [0.1, 0.15) is 25.7 Å². The predicted molar refractivity (Wildman–Crippen MR) is 66.0 cm³/mol. The molecule has 0 bridgehead atoms. The molecule has 0 saturated heterocycles. The molecule has 0 fully saturated rings. The molecular formula is C12H24Ge. The number of hydrogen-bond donors (Lipinski definition) is 0. The second-order valence-corrected chi connectivity index (χ2v) is 15.7. The first kappa shape index (κ1) is 13.0. The van der Waals surface area contributed by atoms with Crippen molar-refractivity contribution in [2.45, 2.75) is 47.7 Å². The van der Waals surface area contributed by atoms with E-state index in [0.717, 1.165) is 0 Å². The summed E-state index contributed by atoms with van der Waals surface area (Å²) in [6.45, 7) is 7.53. The molecule has 0 heterocycles. The van der Waals surface area contributed by atoms with Gasteiger partial charge in [0, 0.05) is 0 Å². The van der Waals surface area contributed by atoms with Gasteiger partial charge < -0.3 is 0 Å². The van der Waals surface area contributed by atoms with Gasteiger partial charge in [-0.2, -0.15) is 0 Å². The average Bonchev–Trinajstić information content (AvgIpc) is 2.05. The van der Waals surface area contributed by atoms with Crippen molar-refractivity contribution in [3.63, 3.8) is 0 Å². The van der Waals surface area contributed by atoms with Crippen molar-refractivity contribution < 1.29 is 0 Å². The SMILES string of the molecule is C=CCC[CH2][Ge]([CH3])([CH3])[CH2]CCC=C. The zero-order chi connectivity index (χ0) is 10.2. The molecule has 1 heteroatoms. The molecule has 0 saturated carbocycles. The van der Waals surface area contributed by atoms with E-state index in [0.29, 0.717) is 0 Å². The Morgan fingerprint density at radius 2 is 1.31 bits per heavy atom. The monoisotopic (exact) mass is 242 g/mol. The van der Waals surface area contributed by atoms with E-state index in [4.69, 9.17) is 0 Å². The molecule has 0 N–H and O–H groups in total. The third-order valence-corrected chi connectivity index (χ3v) is 9.69. The fourth-order valence-corrected chi connectivity index (χ4v) is 6.97. The van der Waals surface area contributed by atoms with Crippen molar-refractivity contribution >= 4 is 13.3 Å². The number of unbranched alkanes of at least 4 members (excludes halogenated alkanes) is 2. The van der Waals surface area contributed by atoms with Gasteiger partial charge in [0.25, 0.3) is 0 Å². The Morgan fingerprint density at radius 1 is 0.923 bits per heavy atom. The summed E-state index contributed by atoms with van der Waals surface area (Å²) in [5.74, 6) is 5.10. The quantitative estimate of drug-likeness (QED) is 0.330. The van der Waals surface area contributed by atoms with Gasteiger partial charge in [0.2, 0.25) is 0 Å². The summed E-state index contributed by atoms with van der Waals surface area (Å²) in [5, 5.41) is 3.01. The van der Waals surface area contributed by atoms with Crippen LogP contribution >= 0.6 is 0 Å². The van der Waals surface area contributed by atoms with Crippen LogP contribution in [0.3, 0.4) is 0 Å². The van der Waals surface area contributed by atoms with Gasteiger partial charge in [0.1, 0.15) is 0 Å². The van der Waals surface area contributed by atoms with E-state index in [1.54, 1.807) is 0 Å². The van der Waals surface area contributed by atoms with Gasteiger partial charge in [0.05, 0.1) is 0 Å². The van der Waals surface area contributed by atoms with E-state index < -0.39 is 13.3 Å². The number of allylic oxidation sites excluding steroid dienone is 2. The van der Waals surface area contributed by atoms with E-state index in [1.165, 1.54) is 36.2 Å². The van der Waals surface area contributed by atoms with Crippen molar-refractivity contribution in [2.75, 3.05) is 0 Å². The topological polar surface area (TPSA) is 0 Å². The summed E-state index contributed by atoms with van der Waals surface area (Å²) in [6.07, 6.45) is 9.23. The fourth-order valence-electron chi connectivity index (χ4n) is 1.57. The first-order valence-electron chi connectivity index (χ1n) is 5.34. The standard InChI is InChI=1S/C12H24Ge/c1-5-7-9-11-13(3,4)12-10-8-6-2/h5-6H,1-2,7-12H2,3-4H3. The van der Waals surface area contributed by atoms with E-state index in [9.17, 15) is 0 Å². The molecule has 0 spiro atoms. The van der Waals surface area contributed by atoms with Crippen LogP contribution in [0.2, 0.25) is 22.0 Å². The molecule has 0 aromatic carbocycles. The molecule has 0 aromatic rings. The van der Waals surface area contributed by atoms with E-state index in [1.807, 2.05) is 12.2 Å². The summed E-state index contributed by atoms with van der Waals surface area (Å²) in [4.78, 5) is 0. The third kappa shape index (κ3) is 8.36. The van der Waals surface area contributed by atoms with Crippen LogP contribution in [0.5, 0.6) is 0 Å². The van der Waals surface area contributed by atoms with Crippen molar-refractivity contribution in [3.05, 3.63) is 25.3 Å². The molecule has 0 aliphatic heterocycles. The maximum atomic E-state index is 3.76. The van der Waals surface area contributed by atoms with Crippen LogP contribution in [-0.4, -0.2) is 13.3 Å². The van der Waals surface area contributed by atoms with E-state index >= 15 is 0 Å². The Morgan fingerprint density at radius 3 is 1.62 bits per heavy atom. The molecule has 0 aliphatic rings. The molecule has 0 atom stereocenters. The second kappa shape index (κ2) is 7.43. The summed E-state index contributed by atoms with van der Waals surface area (Å²) in [6, 6.07) is 0. The molecular weight excluding hydrogens is 217 g/mol.